The quantitative estimate of drug-likeness (QED) is 0.839. The Morgan fingerprint density at radius 2 is 1.89 bits per heavy atom. The predicted octanol–water partition coefficient (Wildman–Crippen LogP) is 2.64. The molecule has 19 heavy (non-hydrogen) atoms. The molecule has 0 aromatic rings. The number of rotatable bonds is 5. The van der Waals surface area contributed by atoms with Crippen LogP contribution in [0.15, 0.2) is 0 Å². The minimum atomic E-state index is -2.57. The van der Waals surface area contributed by atoms with E-state index in [9.17, 15) is 13.6 Å². The molecule has 112 valence electrons. The molecule has 1 amide bonds. The Labute approximate surface area is 114 Å². The van der Waals surface area contributed by atoms with Gasteiger partial charge in [0.05, 0.1) is 0 Å². The minimum Gasteiger partial charge on any atom is -0.345 e. The Morgan fingerprint density at radius 1 is 1.37 bits per heavy atom. The van der Waals surface area contributed by atoms with Crippen molar-refractivity contribution >= 4 is 5.91 Å². The van der Waals surface area contributed by atoms with Gasteiger partial charge in [-0.25, -0.2) is 8.78 Å². The molecule has 0 radical (unpaired) electrons. The molecule has 1 aliphatic carbocycles. The fraction of sp³-hybridized carbons (Fsp3) is 0.929. The van der Waals surface area contributed by atoms with Crippen molar-refractivity contribution in [1.82, 2.24) is 4.90 Å². The molecule has 1 rings (SSSR count). The first-order chi connectivity index (χ1) is 8.73. The summed E-state index contributed by atoms with van der Waals surface area (Å²) in [5, 5.41) is 0. The van der Waals surface area contributed by atoms with Crippen LogP contribution in [0.3, 0.4) is 0 Å². The molecule has 1 atom stereocenters. The zero-order valence-electron chi connectivity index (χ0n) is 12.2. The van der Waals surface area contributed by atoms with Gasteiger partial charge in [-0.2, -0.15) is 0 Å². The molecule has 0 saturated heterocycles. The van der Waals surface area contributed by atoms with Crippen molar-refractivity contribution < 1.29 is 13.6 Å². The highest BCUT2D eigenvalue weighted by atomic mass is 19.3. The molecule has 5 heteroatoms. The number of amides is 1. The SMILES string of the molecule is CC(C)C(N)CCN(C)C(=O)C1CCC(F)(F)CC1. The number of carbonyl (C=O) groups is 1. The summed E-state index contributed by atoms with van der Waals surface area (Å²) in [5.74, 6) is -2.43. The molecule has 1 unspecified atom stereocenters. The Hall–Kier alpha value is -0.710. The number of alkyl halides is 2. The molecule has 0 aromatic heterocycles. The third-order valence-corrected chi connectivity index (χ3v) is 4.10. The molecule has 1 fully saturated rings. The van der Waals surface area contributed by atoms with E-state index < -0.39 is 5.92 Å². The van der Waals surface area contributed by atoms with Crippen LogP contribution >= 0.6 is 0 Å². The Balaban J connectivity index is 2.37. The second kappa shape index (κ2) is 6.64. The lowest BCUT2D eigenvalue weighted by Crippen LogP contribution is -2.39. The van der Waals surface area contributed by atoms with Crippen LogP contribution in [0.4, 0.5) is 8.78 Å². The van der Waals surface area contributed by atoms with Gasteiger partial charge in [0.1, 0.15) is 0 Å². The summed E-state index contributed by atoms with van der Waals surface area (Å²) in [6, 6.07) is 0.0749. The van der Waals surface area contributed by atoms with Crippen LogP contribution in [0.2, 0.25) is 0 Å². The number of hydrogen-bond acceptors (Lipinski definition) is 2. The number of hydrogen-bond donors (Lipinski definition) is 1. The van der Waals surface area contributed by atoms with E-state index in [-0.39, 0.29) is 30.7 Å². The molecular weight excluding hydrogens is 250 g/mol. The first-order valence-electron chi connectivity index (χ1n) is 7.11. The minimum absolute atomic E-state index is 0.00791. The second-order valence-corrected chi connectivity index (χ2v) is 6.09. The van der Waals surface area contributed by atoms with Gasteiger partial charge in [0.25, 0.3) is 0 Å². The summed E-state index contributed by atoms with van der Waals surface area (Å²) in [5.41, 5.74) is 5.94. The van der Waals surface area contributed by atoms with Crippen LogP contribution in [0.1, 0.15) is 46.0 Å². The zero-order chi connectivity index (χ0) is 14.6. The summed E-state index contributed by atoms with van der Waals surface area (Å²) in [4.78, 5) is 13.8. The maximum absolute atomic E-state index is 13.0. The number of nitrogens with two attached hydrogens (primary N) is 1. The molecule has 1 saturated carbocycles. The number of nitrogens with zero attached hydrogens (tertiary/aromatic N) is 1. The molecule has 0 heterocycles. The molecule has 0 aromatic carbocycles. The van der Waals surface area contributed by atoms with Gasteiger partial charge in [-0.05, 0) is 25.2 Å². The van der Waals surface area contributed by atoms with Crippen LogP contribution in [0.25, 0.3) is 0 Å². The van der Waals surface area contributed by atoms with Crippen molar-refractivity contribution in [2.75, 3.05) is 13.6 Å². The molecule has 0 bridgehead atoms. The average Bonchev–Trinajstić information content (AvgIpc) is 2.34. The lowest BCUT2D eigenvalue weighted by molar-refractivity contribution is -0.138. The Morgan fingerprint density at radius 3 is 2.37 bits per heavy atom. The van der Waals surface area contributed by atoms with Gasteiger partial charge in [-0.1, -0.05) is 13.8 Å². The van der Waals surface area contributed by atoms with E-state index in [0.29, 0.717) is 25.3 Å². The summed E-state index contributed by atoms with van der Waals surface area (Å²) >= 11 is 0. The first kappa shape index (κ1) is 16.3. The standard InChI is InChI=1S/C14H26F2N2O/c1-10(2)12(17)6-9-18(3)13(19)11-4-7-14(15,16)8-5-11/h10-12H,4-9,17H2,1-3H3. The van der Waals surface area contributed by atoms with Crippen molar-refractivity contribution in [2.24, 2.45) is 17.6 Å². The van der Waals surface area contributed by atoms with Gasteiger partial charge in [-0.3, -0.25) is 4.79 Å². The van der Waals surface area contributed by atoms with Crippen LogP contribution in [-0.4, -0.2) is 36.4 Å². The topological polar surface area (TPSA) is 46.3 Å². The number of carbonyl (C=O) groups excluding carboxylic acids is 1. The van der Waals surface area contributed by atoms with Gasteiger partial charge >= 0.3 is 0 Å². The van der Waals surface area contributed by atoms with Crippen LogP contribution < -0.4 is 5.73 Å². The molecule has 0 aliphatic heterocycles. The molecule has 1 aliphatic rings. The van der Waals surface area contributed by atoms with Crippen molar-refractivity contribution in [1.29, 1.82) is 0 Å². The normalized spacial score (nSPS) is 21.4. The Bertz CT molecular complexity index is 298. The van der Waals surface area contributed by atoms with E-state index in [1.807, 2.05) is 0 Å². The molecule has 3 nitrogen and oxygen atoms in total. The Kier molecular flexibility index (Phi) is 5.71. The third kappa shape index (κ3) is 5.05. The van der Waals surface area contributed by atoms with Crippen molar-refractivity contribution in [2.45, 2.75) is 57.9 Å². The highest BCUT2D eigenvalue weighted by Crippen LogP contribution is 2.36. The van der Waals surface area contributed by atoms with Gasteiger partial charge in [0.15, 0.2) is 0 Å². The first-order valence-corrected chi connectivity index (χ1v) is 7.11. The largest absolute Gasteiger partial charge is 0.345 e. The van der Waals surface area contributed by atoms with E-state index in [0.717, 1.165) is 6.42 Å². The summed E-state index contributed by atoms with van der Waals surface area (Å²) < 4.78 is 26.1. The summed E-state index contributed by atoms with van der Waals surface area (Å²) in [6.45, 7) is 4.70. The maximum atomic E-state index is 13.0. The van der Waals surface area contributed by atoms with E-state index in [1.165, 1.54) is 0 Å². The monoisotopic (exact) mass is 276 g/mol. The molecule has 0 spiro atoms. The highest BCUT2D eigenvalue weighted by molar-refractivity contribution is 5.78. The fourth-order valence-corrected chi connectivity index (χ4v) is 2.39. The van der Waals surface area contributed by atoms with Crippen LogP contribution in [0, 0.1) is 11.8 Å². The van der Waals surface area contributed by atoms with Crippen molar-refractivity contribution in [3.05, 3.63) is 0 Å². The fourth-order valence-electron chi connectivity index (χ4n) is 2.39. The van der Waals surface area contributed by atoms with E-state index >= 15 is 0 Å². The van der Waals surface area contributed by atoms with Crippen molar-refractivity contribution in [3.63, 3.8) is 0 Å². The average molecular weight is 276 g/mol. The van der Waals surface area contributed by atoms with Crippen LogP contribution in [0.5, 0.6) is 0 Å². The van der Waals surface area contributed by atoms with E-state index in [4.69, 9.17) is 5.73 Å². The smallest absolute Gasteiger partial charge is 0.248 e. The summed E-state index contributed by atoms with van der Waals surface area (Å²) in [7, 11) is 1.74. The van der Waals surface area contributed by atoms with Crippen LogP contribution in [-0.2, 0) is 4.79 Å². The molecule has 2 N–H and O–H groups in total. The van der Waals surface area contributed by atoms with Gasteiger partial charge in [0, 0.05) is 38.4 Å². The lowest BCUT2D eigenvalue weighted by atomic mass is 9.86. The number of halogens is 2. The van der Waals surface area contributed by atoms with E-state index in [2.05, 4.69) is 13.8 Å². The van der Waals surface area contributed by atoms with E-state index in [1.54, 1.807) is 11.9 Å². The van der Waals surface area contributed by atoms with Crippen molar-refractivity contribution in [3.8, 4) is 0 Å². The van der Waals surface area contributed by atoms with Gasteiger partial charge in [-0.15, -0.1) is 0 Å². The van der Waals surface area contributed by atoms with Gasteiger partial charge in [0.2, 0.25) is 11.8 Å². The highest BCUT2D eigenvalue weighted by Gasteiger charge is 2.38. The zero-order valence-corrected chi connectivity index (χ0v) is 12.2. The lowest BCUT2D eigenvalue weighted by Gasteiger charge is -2.31. The molecular formula is C14H26F2N2O. The predicted molar refractivity (Wildman–Crippen MR) is 72.0 cm³/mol. The summed E-state index contributed by atoms with van der Waals surface area (Å²) in [6.07, 6.45) is 1.02. The second-order valence-electron chi connectivity index (χ2n) is 6.09. The third-order valence-electron chi connectivity index (χ3n) is 4.10. The van der Waals surface area contributed by atoms with Gasteiger partial charge < -0.3 is 10.6 Å². The maximum Gasteiger partial charge on any atom is 0.248 e.